The summed E-state index contributed by atoms with van der Waals surface area (Å²) in [7, 11) is 0. The van der Waals surface area contributed by atoms with E-state index in [1.165, 1.54) is 19.3 Å². The lowest BCUT2D eigenvalue weighted by Crippen LogP contribution is -2.22. The number of fused-ring (bicyclic) bond motifs is 1. The van der Waals surface area contributed by atoms with Crippen molar-refractivity contribution in [1.29, 1.82) is 0 Å². The summed E-state index contributed by atoms with van der Waals surface area (Å²) in [5.41, 5.74) is 1.92. The molecule has 0 N–H and O–H groups in total. The Kier molecular flexibility index (Phi) is 3.14. The fourth-order valence-corrected chi connectivity index (χ4v) is 3.52. The van der Waals surface area contributed by atoms with Gasteiger partial charge in [-0.05, 0) is 24.7 Å². The average molecular weight is 272 g/mol. The molecule has 3 rings (SSSR count). The monoisotopic (exact) mass is 271 g/mol. The number of aromatic nitrogens is 2. The molecule has 17 heavy (non-hydrogen) atoms. The molecule has 92 valence electrons. The Morgan fingerprint density at radius 2 is 1.94 bits per heavy atom. The SMILES string of the molecule is ClCc1nnc(Cl)cc1N1CC2CCCC2C1. The van der Waals surface area contributed by atoms with Crippen molar-refractivity contribution in [1.82, 2.24) is 10.2 Å². The van der Waals surface area contributed by atoms with E-state index in [1.54, 1.807) is 0 Å². The van der Waals surface area contributed by atoms with Crippen LogP contribution < -0.4 is 4.90 Å². The number of alkyl halides is 1. The molecule has 0 bridgehead atoms. The number of rotatable bonds is 2. The van der Waals surface area contributed by atoms with Crippen molar-refractivity contribution < 1.29 is 0 Å². The summed E-state index contributed by atoms with van der Waals surface area (Å²) in [6.07, 6.45) is 4.12. The first-order chi connectivity index (χ1) is 8.28. The molecule has 1 aliphatic carbocycles. The minimum Gasteiger partial charge on any atom is -0.369 e. The van der Waals surface area contributed by atoms with Gasteiger partial charge >= 0.3 is 0 Å². The van der Waals surface area contributed by atoms with Crippen LogP contribution in [-0.4, -0.2) is 23.3 Å². The number of halogens is 2. The molecule has 3 nitrogen and oxygen atoms in total. The maximum Gasteiger partial charge on any atom is 0.153 e. The number of hydrogen-bond donors (Lipinski definition) is 0. The zero-order valence-corrected chi connectivity index (χ0v) is 11.1. The molecule has 2 atom stereocenters. The van der Waals surface area contributed by atoms with Crippen LogP contribution >= 0.6 is 23.2 Å². The molecule has 0 radical (unpaired) electrons. The Bertz CT molecular complexity index is 412. The topological polar surface area (TPSA) is 29.0 Å². The first-order valence-electron chi connectivity index (χ1n) is 6.11. The first kappa shape index (κ1) is 11.5. The van der Waals surface area contributed by atoms with Crippen molar-refractivity contribution in [2.45, 2.75) is 25.1 Å². The first-order valence-corrected chi connectivity index (χ1v) is 7.02. The standard InChI is InChI=1S/C12H15Cl2N3/c13-5-10-11(4-12(14)16-15-10)17-6-8-2-1-3-9(8)7-17/h4,8-9H,1-3,5-7H2. The second kappa shape index (κ2) is 4.62. The lowest BCUT2D eigenvalue weighted by atomic mass is 10.0. The fourth-order valence-electron chi connectivity index (χ4n) is 3.19. The van der Waals surface area contributed by atoms with Crippen LogP contribution in [0, 0.1) is 11.8 Å². The highest BCUT2D eigenvalue weighted by Gasteiger charge is 2.36. The van der Waals surface area contributed by atoms with Crippen LogP contribution in [0.3, 0.4) is 0 Å². The largest absolute Gasteiger partial charge is 0.369 e. The molecule has 1 saturated carbocycles. The van der Waals surface area contributed by atoms with E-state index < -0.39 is 0 Å². The molecule has 2 aliphatic rings. The highest BCUT2D eigenvalue weighted by molar-refractivity contribution is 6.29. The minimum absolute atomic E-state index is 0.394. The fraction of sp³-hybridized carbons (Fsp3) is 0.667. The molecule has 2 unspecified atom stereocenters. The Balaban J connectivity index is 1.87. The van der Waals surface area contributed by atoms with Gasteiger partial charge in [-0.15, -0.1) is 16.7 Å². The number of nitrogens with zero attached hydrogens (tertiary/aromatic N) is 3. The van der Waals surface area contributed by atoms with Crippen LogP contribution in [0.5, 0.6) is 0 Å². The van der Waals surface area contributed by atoms with Gasteiger partial charge in [0.1, 0.15) is 5.69 Å². The van der Waals surface area contributed by atoms with Gasteiger partial charge in [-0.3, -0.25) is 0 Å². The summed E-state index contributed by atoms with van der Waals surface area (Å²) in [5, 5.41) is 8.39. The second-order valence-corrected chi connectivity index (χ2v) is 5.64. The molecule has 1 aliphatic heterocycles. The quantitative estimate of drug-likeness (QED) is 0.775. The molecule has 0 spiro atoms. The summed E-state index contributed by atoms with van der Waals surface area (Å²) in [6.45, 7) is 2.24. The zero-order chi connectivity index (χ0) is 11.8. The van der Waals surface area contributed by atoms with E-state index in [-0.39, 0.29) is 0 Å². The predicted molar refractivity (Wildman–Crippen MR) is 69.6 cm³/mol. The minimum atomic E-state index is 0.394. The van der Waals surface area contributed by atoms with Gasteiger partial charge in [0.2, 0.25) is 0 Å². The number of anilines is 1. The van der Waals surface area contributed by atoms with E-state index in [0.717, 1.165) is 36.3 Å². The van der Waals surface area contributed by atoms with Crippen molar-refractivity contribution in [3.63, 3.8) is 0 Å². The van der Waals surface area contributed by atoms with Crippen LogP contribution in [-0.2, 0) is 5.88 Å². The van der Waals surface area contributed by atoms with Crippen LogP contribution in [0.4, 0.5) is 5.69 Å². The van der Waals surface area contributed by atoms with Crippen LogP contribution in [0.1, 0.15) is 25.0 Å². The molecule has 0 aromatic carbocycles. The molecular formula is C12H15Cl2N3. The third-order valence-electron chi connectivity index (χ3n) is 4.01. The Morgan fingerprint density at radius 1 is 1.24 bits per heavy atom. The smallest absolute Gasteiger partial charge is 0.153 e. The lowest BCUT2D eigenvalue weighted by Gasteiger charge is -2.21. The molecule has 1 aromatic heterocycles. The summed E-state index contributed by atoms with van der Waals surface area (Å²) in [4.78, 5) is 2.38. The third-order valence-corrected chi connectivity index (χ3v) is 4.45. The highest BCUT2D eigenvalue weighted by Crippen LogP contribution is 2.40. The van der Waals surface area contributed by atoms with Gasteiger partial charge in [-0.25, -0.2) is 0 Å². The molecule has 1 saturated heterocycles. The van der Waals surface area contributed by atoms with Crippen molar-refractivity contribution in [2.75, 3.05) is 18.0 Å². The zero-order valence-electron chi connectivity index (χ0n) is 9.57. The number of hydrogen-bond acceptors (Lipinski definition) is 3. The van der Waals surface area contributed by atoms with Crippen molar-refractivity contribution in [2.24, 2.45) is 11.8 Å². The van der Waals surface area contributed by atoms with E-state index in [1.807, 2.05) is 6.07 Å². The Morgan fingerprint density at radius 3 is 2.59 bits per heavy atom. The van der Waals surface area contributed by atoms with E-state index in [9.17, 15) is 0 Å². The summed E-state index contributed by atoms with van der Waals surface area (Å²) in [5.74, 6) is 2.10. The highest BCUT2D eigenvalue weighted by atomic mass is 35.5. The van der Waals surface area contributed by atoms with Gasteiger partial charge in [0.15, 0.2) is 5.15 Å². The van der Waals surface area contributed by atoms with Gasteiger partial charge in [0, 0.05) is 19.2 Å². The second-order valence-electron chi connectivity index (χ2n) is 4.99. The molecule has 1 aromatic rings. The van der Waals surface area contributed by atoms with Crippen LogP contribution in [0.2, 0.25) is 5.15 Å². The molecular weight excluding hydrogens is 257 g/mol. The van der Waals surface area contributed by atoms with Gasteiger partial charge in [0.05, 0.1) is 11.6 Å². The third kappa shape index (κ3) is 2.11. The maximum absolute atomic E-state index is 5.93. The predicted octanol–water partition coefficient (Wildman–Crippen LogP) is 3.11. The van der Waals surface area contributed by atoms with Crippen LogP contribution in [0.25, 0.3) is 0 Å². The summed E-state index contributed by atoms with van der Waals surface area (Å²) < 4.78 is 0. The van der Waals surface area contributed by atoms with Crippen molar-refractivity contribution >= 4 is 28.9 Å². The van der Waals surface area contributed by atoms with E-state index in [4.69, 9.17) is 23.2 Å². The van der Waals surface area contributed by atoms with E-state index in [0.29, 0.717) is 11.0 Å². The molecule has 5 heteroatoms. The average Bonchev–Trinajstić information content (AvgIpc) is 2.88. The normalized spacial score (nSPS) is 27.5. The van der Waals surface area contributed by atoms with Crippen molar-refractivity contribution in [3.8, 4) is 0 Å². The summed E-state index contributed by atoms with van der Waals surface area (Å²) in [6, 6.07) is 1.90. The van der Waals surface area contributed by atoms with E-state index >= 15 is 0 Å². The Labute approximate surface area is 111 Å². The lowest BCUT2D eigenvalue weighted by molar-refractivity contribution is 0.494. The van der Waals surface area contributed by atoms with E-state index in [2.05, 4.69) is 15.1 Å². The van der Waals surface area contributed by atoms with Crippen LogP contribution in [0.15, 0.2) is 6.07 Å². The Hall–Kier alpha value is -0.540. The summed E-state index contributed by atoms with van der Waals surface area (Å²) >= 11 is 11.8. The van der Waals surface area contributed by atoms with Gasteiger partial charge in [0.25, 0.3) is 0 Å². The van der Waals surface area contributed by atoms with Gasteiger partial charge in [-0.1, -0.05) is 18.0 Å². The molecule has 2 heterocycles. The van der Waals surface area contributed by atoms with Gasteiger partial charge < -0.3 is 4.90 Å². The molecule has 2 fully saturated rings. The maximum atomic E-state index is 5.93. The molecule has 0 amide bonds. The van der Waals surface area contributed by atoms with Gasteiger partial charge in [-0.2, -0.15) is 5.10 Å². The van der Waals surface area contributed by atoms with Crippen molar-refractivity contribution in [3.05, 3.63) is 16.9 Å².